The molecule has 0 aliphatic carbocycles. The third-order valence-corrected chi connectivity index (χ3v) is 18.4. The number of hydrogen-bond acceptors (Lipinski definition) is 15. The molecule has 100 heavy (non-hydrogen) atoms. The summed E-state index contributed by atoms with van der Waals surface area (Å²) in [5, 5.41) is 10.6. The van der Waals surface area contributed by atoms with Gasteiger partial charge >= 0.3 is 39.5 Å². The highest BCUT2D eigenvalue weighted by Gasteiger charge is 2.30. The van der Waals surface area contributed by atoms with E-state index in [1.165, 1.54) is 64.2 Å². The number of esters is 4. The summed E-state index contributed by atoms with van der Waals surface area (Å²) >= 11 is 0. The first kappa shape index (κ1) is 96.0. The van der Waals surface area contributed by atoms with Crippen LogP contribution in [-0.4, -0.2) is 96.7 Å². The Morgan fingerprint density at radius 2 is 0.510 bits per heavy atom. The maximum atomic E-state index is 13.1. The van der Waals surface area contributed by atoms with Crippen molar-refractivity contribution in [3.63, 3.8) is 0 Å². The predicted octanol–water partition coefficient (Wildman–Crippen LogP) is 22.8. The standard InChI is InChI=1S/C81H142O17P2/c1-5-9-13-17-21-25-29-33-35-36-37-38-40-43-46-50-54-58-62-66-79(84)92-72-77(98-81(86)68-64-60-56-52-48-44-39-34-30-26-22-18-14-10-6-2)74-96-100(89,90)94-70-75(82)69-93-99(87,88)95-73-76(97-80(85)67-63-59-55-51-47-42-32-28-24-20-16-12-8-4)71-91-78(83)65-61-57-53-49-45-41-31-27-23-19-15-11-7-3/h15,19,21-22,25-28,31-35,37-39,75-77,82H,5-14,16-18,20,23-24,29-30,36,40-74H2,1-4H3,(H,87,88)(H,89,90)/b19-15-,25-21-,26-22-,31-27-,32-28-,35-33-,38-37-,39-34-. The fourth-order valence-corrected chi connectivity index (χ4v) is 12.0. The quantitative estimate of drug-likeness (QED) is 0.0169. The van der Waals surface area contributed by atoms with Crippen molar-refractivity contribution in [3.05, 3.63) is 97.2 Å². The zero-order valence-corrected chi connectivity index (χ0v) is 64.9. The Morgan fingerprint density at radius 3 is 0.820 bits per heavy atom. The SMILES string of the molecule is CCC/C=C\C/C=C\CCCCCCCC(=O)OCC(COP(=O)(O)OCC(O)COP(=O)(O)OCC(COC(=O)CCCCCCCC/C=C\C/C=C\C/C=C\CCCCC)OC(=O)CCCCCCC/C=C\C/C=C\CCCCC)OC(=O)CCCCCCC/C=C\CCCCCC. The minimum Gasteiger partial charge on any atom is -0.462 e. The number of carbonyl (C=O) groups excluding carboxylic acids is 4. The van der Waals surface area contributed by atoms with Crippen LogP contribution in [0.3, 0.4) is 0 Å². The van der Waals surface area contributed by atoms with Gasteiger partial charge in [-0.05, 0) is 148 Å². The molecule has 0 fully saturated rings. The second-order valence-electron chi connectivity index (χ2n) is 26.3. The molecule has 0 spiro atoms. The molecule has 0 bridgehead atoms. The van der Waals surface area contributed by atoms with E-state index in [0.29, 0.717) is 25.7 Å². The van der Waals surface area contributed by atoms with Gasteiger partial charge in [-0.3, -0.25) is 37.3 Å². The van der Waals surface area contributed by atoms with Crippen LogP contribution in [0, 0.1) is 0 Å². The van der Waals surface area contributed by atoms with Gasteiger partial charge < -0.3 is 33.8 Å². The number of phosphoric ester groups is 2. The third kappa shape index (κ3) is 72.3. The number of aliphatic hydroxyl groups is 1. The molecule has 0 aromatic heterocycles. The van der Waals surface area contributed by atoms with E-state index in [0.717, 1.165) is 193 Å². The maximum absolute atomic E-state index is 13.1. The molecule has 0 radical (unpaired) electrons. The van der Waals surface area contributed by atoms with Gasteiger partial charge in [0.05, 0.1) is 26.4 Å². The number of ether oxygens (including phenoxy) is 4. The van der Waals surface area contributed by atoms with Gasteiger partial charge in [-0.15, -0.1) is 0 Å². The molecule has 0 amide bonds. The van der Waals surface area contributed by atoms with Gasteiger partial charge in [-0.2, -0.15) is 0 Å². The van der Waals surface area contributed by atoms with Crippen LogP contribution >= 0.6 is 15.6 Å². The number of rotatable bonds is 74. The number of aliphatic hydroxyl groups excluding tert-OH is 1. The molecule has 3 N–H and O–H groups in total. The van der Waals surface area contributed by atoms with Crippen LogP contribution in [0.15, 0.2) is 97.2 Å². The molecule has 19 heteroatoms. The molecule has 0 heterocycles. The van der Waals surface area contributed by atoms with Gasteiger partial charge in [-0.25, -0.2) is 9.13 Å². The van der Waals surface area contributed by atoms with Gasteiger partial charge in [0.2, 0.25) is 0 Å². The van der Waals surface area contributed by atoms with Crippen LogP contribution in [0.5, 0.6) is 0 Å². The molecule has 0 saturated carbocycles. The summed E-state index contributed by atoms with van der Waals surface area (Å²) in [6.45, 7) is 4.71. The van der Waals surface area contributed by atoms with Crippen LogP contribution in [-0.2, 0) is 65.4 Å². The minimum absolute atomic E-state index is 0.0757. The Kier molecular flexibility index (Phi) is 70.4. The number of hydrogen-bond donors (Lipinski definition) is 3. The summed E-state index contributed by atoms with van der Waals surface area (Å²) in [7, 11) is -9.96. The van der Waals surface area contributed by atoms with Crippen molar-refractivity contribution in [2.75, 3.05) is 39.6 Å². The van der Waals surface area contributed by atoms with Gasteiger partial charge in [0, 0.05) is 25.7 Å². The number of carbonyl (C=O) groups is 4. The minimum atomic E-state index is -4.98. The van der Waals surface area contributed by atoms with Crippen molar-refractivity contribution < 1.29 is 80.2 Å². The molecule has 0 aromatic rings. The lowest BCUT2D eigenvalue weighted by atomic mass is 10.1. The molecule has 5 atom stereocenters. The Bertz CT molecular complexity index is 2270. The van der Waals surface area contributed by atoms with Gasteiger partial charge in [0.25, 0.3) is 0 Å². The highest BCUT2D eigenvalue weighted by molar-refractivity contribution is 7.47. The van der Waals surface area contributed by atoms with Crippen LogP contribution in [0.1, 0.15) is 336 Å². The number of phosphoric acid groups is 2. The summed E-state index contributed by atoms with van der Waals surface area (Å²) in [5.74, 6) is -2.22. The van der Waals surface area contributed by atoms with E-state index < -0.39 is 97.5 Å². The van der Waals surface area contributed by atoms with Gasteiger partial charge in [0.15, 0.2) is 12.2 Å². The molecule has 0 aromatic carbocycles. The van der Waals surface area contributed by atoms with E-state index in [4.69, 9.17) is 37.0 Å². The van der Waals surface area contributed by atoms with E-state index in [1.54, 1.807) is 0 Å². The first-order valence-electron chi connectivity index (χ1n) is 39.5. The molecule has 0 rings (SSSR count). The van der Waals surface area contributed by atoms with Gasteiger partial charge in [-0.1, -0.05) is 260 Å². The topological polar surface area (TPSA) is 237 Å². The number of allylic oxidation sites excluding steroid dienone is 16. The van der Waals surface area contributed by atoms with Crippen molar-refractivity contribution >= 4 is 39.5 Å². The first-order chi connectivity index (χ1) is 48.7. The van der Waals surface area contributed by atoms with E-state index >= 15 is 0 Å². The van der Waals surface area contributed by atoms with Crippen LogP contribution in [0.2, 0.25) is 0 Å². The van der Waals surface area contributed by atoms with Crippen molar-refractivity contribution in [1.29, 1.82) is 0 Å². The molecule has 17 nitrogen and oxygen atoms in total. The second-order valence-corrected chi connectivity index (χ2v) is 29.2. The lowest BCUT2D eigenvalue weighted by Gasteiger charge is -2.21. The molecule has 5 unspecified atom stereocenters. The average molecular weight is 1450 g/mol. The van der Waals surface area contributed by atoms with E-state index in [1.807, 2.05) is 0 Å². The summed E-state index contributed by atoms with van der Waals surface area (Å²) in [5.41, 5.74) is 0. The zero-order valence-electron chi connectivity index (χ0n) is 63.1. The largest absolute Gasteiger partial charge is 0.472 e. The fourth-order valence-electron chi connectivity index (χ4n) is 10.4. The smallest absolute Gasteiger partial charge is 0.462 e. The summed E-state index contributed by atoms with van der Waals surface area (Å²) < 4.78 is 68.5. The molecule has 578 valence electrons. The van der Waals surface area contributed by atoms with Crippen LogP contribution in [0.25, 0.3) is 0 Å². The normalized spacial score (nSPS) is 14.4. The lowest BCUT2D eigenvalue weighted by molar-refractivity contribution is -0.161. The Morgan fingerprint density at radius 1 is 0.280 bits per heavy atom. The third-order valence-electron chi connectivity index (χ3n) is 16.5. The van der Waals surface area contributed by atoms with Crippen molar-refractivity contribution in [1.82, 2.24) is 0 Å². The van der Waals surface area contributed by atoms with Crippen LogP contribution < -0.4 is 0 Å². The summed E-state index contributed by atoms with van der Waals surface area (Å²) in [6.07, 6.45) is 76.7. The van der Waals surface area contributed by atoms with Crippen molar-refractivity contribution in [2.45, 2.75) is 354 Å². The highest BCUT2D eigenvalue weighted by atomic mass is 31.2. The summed E-state index contributed by atoms with van der Waals surface area (Å²) in [4.78, 5) is 72.9. The molecule has 0 saturated heterocycles. The molecular weight excluding hydrogens is 1310 g/mol. The summed E-state index contributed by atoms with van der Waals surface area (Å²) in [6, 6.07) is 0. The molecular formula is C81H142O17P2. The Labute approximate surface area is 607 Å². The van der Waals surface area contributed by atoms with E-state index in [2.05, 4.69) is 125 Å². The predicted molar refractivity (Wildman–Crippen MR) is 409 cm³/mol. The number of unbranched alkanes of at least 4 members (excludes halogenated alkanes) is 32. The van der Waals surface area contributed by atoms with E-state index in [-0.39, 0.29) is 25.7 Å². The zero-order chi connectivity index (χ0) is 73.2. The van der Waals surface area contributed by atoms with Crippen molar-refractivity contribution in [2.24, 2.45) is 0 Å². The highest BCUT2D eigenvalue weighted by Crippen LogP contribution is 2.45. The first-order valence-corrected chi connectivity index (χ1v) is 42.5. The molecule has 0 aliphatic heterocycles. The average Bonchev–Trinajstić information content (AvgIpc) is 0.946. The van der Waals surface area contributed by atoms with Gasteiger partial charge in [0.1, 0.15) is 19.3 Å². The lowest BCUT2D eigenvalue weighted by Crippen LogP contribution is -2.30. The monoisotopic (exact) mass is 1450 g/mol. The second kappa shape index (κ2) is 73.3. The Hall–Kier alpha value is -4.02. The molecule has 0 aliphatic rings. The maximum Gasteiger partial charge on any atom is 0.472 e. The van der Waals surface area contributed by atoms with E-state index in [9.17, 15) is 43.2 Å². The van der Waals surface area contributed by atoms with Crippen molar-refractivity contribution in [3.8, 4) is 0 Å². The van der Waals surface area contributed by atoms with Crippen LogP contribution in [0.4, 0.5) is 0 Å². The Balaban J connectivity index is 5.36. The fraction of sp³-hybridized carbons (Fsp3) is 0.753.